The molecule has 2 saturated carbocycles. The summed E-state index contributed by atoms with van der Waals surface area (Å²) in [6.07, 6.45) is 7.87. The van der Waals surface area contributed by atoms with Crippen molar-refractivity contribution in [3.05, 3.63) is 0 Å². The highest BCUT2D eigenvalue weighted by Gasteiger charge is 2.41. The van der Waals surface area contributed by atoms with E-state index in [1.807, 2.05) is 7.05 Å². The Morgan fingerprint density at radius 3 is 2.32 bits per heavy atom. The maximum Gasteiger partial charge on any atom is 0.150 e. The van der Waals surface area contributed by atoms with Crippen LogP contribution in [0.15, 0.2) is 0 Å². The average molecular weight is 289 g/mol. The van der Waals surface area contributed by atoms with Gasteiger partial charge in [-0.2, -0.15) is 0 Å². The van der Waals surface area contributed by atoms with Crippen molar-refractivity contribution in [2.75, 3.05) is 20.4 Å². The van der Waals surface area contributed by atoms with Crippen molar-refractivity contribution < 1.29 is 13.2 Å². The lowest BCUT2D eigenvalue weighted by atomic mass is 9.80. The van der Waals surface area contributed by atoms with Gasteiger partial charge in [0.15, 0.2) is 0 Å². The molecule has 0 radical (unpaired) electrons. The number of methoxy groups -OCH3 is 1. The maximum absolute atomic E-state index is 11.8. The third-order valence-corrected chi connectivity index (χ3v) is 6.47. The highest BCUT2D eigenvalue weighted by atomic mass is 32.2. The zero-order chi connectivity index (χ0) is 14.0. The number of sulfone groups is 1. The molecule has 0 aromatic carbocycles. The lowest BCUT2D eigenvalue weighted by Gasteiger charge is -2.37. The first kappa shape index (κ1) is 15.3. The van der Waals surface area contributed by atoms with Crippen molar-refractivity contribution in [2.24, 2.45) is 11.8 Å². The van der Waals surface area contributed by atoms with E-state index < -0.39 is 9.84 Å². The monoisotopic (exact) mass is 289 g/mol. The lowest BCUT2D eigenvalue weighted by molar-refractivity contribution is 0.0271. The fourth-order valence-corrected chi connectivity index (χ4v) is 4.81. The molecule has 4 atom stereocenters. The molecule has 0 amide bonds. The Kier molecular flexibility index (Phi) is 4.90. The quantitative estimate of drug-likeness (QED) is 0.807. The topological polar surface area (TPSA) is 55.4 Å². The van der Waals surface area contributed by atoms with Crippen LogP contribution in [-0.4, -0.2) is 46.2 Å². The van der Waals surface area contributed by atoms with E-state index in [-0.39, 0.29) is 11.4 Å². The van der Waals surface area contributed by atoms with E-state index >= 15 is 0 Å². The predicted octanol–water partition coefficient (Wildman–Crippen LogP) is 1.60. The second kappa shape index (κ2) is 6.10. The average Bonchev–Trinajstić information content (AvgIpc) is 3.19. The zero-order valence-corrected chi connectivity index (χ0v) is 13.1. The summed E-state index contributed by atoms with van der Waals surface area (Å²) in [4.78, 5) is 0. The van der Waals surface area contributed by atoms with Crippen LogP contribution in [0, 0.1) is 11.8 Å². The number of hydrogen-bond acceptors (Lipinski definition) is 4. The molecule has 19 heavy (non-hydrogen) atoms. The van der Waals surface area contributed by atoms with Gasteiger partial charge in [0.25, 0.3) is 0 Å². The van der Waals surface area contributed by atoms with Crippen molar-refractivity contribution in [2.45, 2.75) is 55.9 Å². The Bertz CT molecular complexity index is 391. The largest absolute Gasteiger partial charge is 0.380 e. The van der Waals surface area contributed by atoms with Gasteiger partial charge in [-0.3, -0.25) is 0 Å². The number of hydrogen-bond donors (Lipinski definition) is 1. The van der Waals surface area contributed by atoms with Gasteiger partial charge >= 0.3 is 0 Å². The summed E-state index contributed by atoms with van der Waals surface area (Å²) in [6.45, 7) is 0. The molecule has 0 aromatic rings. The minimum absolute atomic E-state index is 0.154. The Morgan fingerprint density at radius 1 is 1.16 bits per heavy atom. The van der Waals surface area contributed by atoms with E-state index in [2.05, 4.69) is 5.32 Å². The van der Waals surface area contributed by atoms with Crippen LogP contribution >= 0.6 is 0 Å². The Morgan fingerprint density at radius 2 is 1.84 bits per heavy atom. The van der Waals surface area contributed by atoms with Gasteiger partial charge in [-0.15, -0.1) is 0 Å². The van der Waals surface area contributed by atoms with Crippen LogP contribution in [0.3, 0.4) is 0 Å². The van der Waals surface area contributed by atoms with Gasteiger partial charge in [-0.1, -0.05) is 6.42 Å². The molecule has 2 aliphatic rings. The fraction of sp³-hybridized carbons (Fsp3) is 1.00. The molecule has 112 valence electrons. The van der Waals surface area contributed by atoms with Crippen molar-refractivity contribution in [1.82, 2.24) is 5.32 Å². The summed E-state index contributed by atoms with van der Waals surface area (Å²) in [5.74, 6) is 1.09. The molecule has 2 rings (SSSR count). The van der Waals surface area contributed by atoms with Crippen LogP contribution in [0.5, 0.6) is 0 Å². The van der Waals surface area contributed by atoms with Crippen LogP contribution in [0.1, 0.15) is 38.5 Å². The van der Waals surface area contributed by atoms with Crippen molar-refractivity contribution in [3.8, 4) is 0 Å². The molecule has 2 fully saturated rings. The predicted molar refractivity (Wildman–Crippen MR) is 77.0 cm³/mol. The summed E-state index contributed by atoms with van der Waals surface area (Å²) in [5, 5.41) is 3.24. The molecule has 0 saturated heterocycles. The molecule has 2 aliphatic carbocycles. The van der Waals surface area contributed by atoms with Crippen molar-refractivity contribution in [1.29, 1.82) is 0 Å². The molecule has 4 nitrogen and oxygen atoms in total. The highest BCUT2D eigenvalue weighted by Crippen LogP contribution is 2.40. The van der Waals surface area contributed by atoms with Crippen LogP contribution < -0.4 is 5.32 Å². The minimum atomic E-state index is -2.91. The minimum Gasteiger partial charge on any atom is -0.380 e. The molecule has 4 unspecified atom stereocenters. The molecule has 0 aromatic heterocycles. The number of likely N-dealkylation sites (N-methyl/N-ethyl adjacent to an activating group) is 1. The summed E-state index contributed by atoms with van der Waals surface area (Å²) in [5.41, 5.74) is 0. The SMILES string of the molecule is CNC(C1CCCC(S(C)(=O)=O)C1)C(OC)C1CC1. The summed E-state index contributed by atoms with van der Waals surface area (Å²) >= 11 is 0. The third kappa shape index (κ3) is 3.70. The Hall–Kier alpha value is -0.130. The van der Waals surface area contributed by atoms with Crippen molar-refractivity contribution >= 4 is 9.84 Å². The van der Waals surface area contributed by atoms with E-state index in [4.69, 9.17) is 4.74 Å². The molecule has 0 bridgehead atoms. The lowest BCUT2D eigenvalue weighted by Crippen LogP contribution is -2.48. The molecular weight excluding hydrogens is 262 g/mol. The first-order chi connectivity index (χ1) is 8.97. The van der Waals surface area contributed by atoms with E-state index in [1.165, 1.54) is 19.1 Å². The van der Waals surface area contributed by atoms with Crippen LogP contribution in [0.25, 0.3) is 0 Å². The van der Waals surface area contributed by atoms with Crippen molar-refractivity contribution in [3.63, 3.8) is 0 Å². The van der Waals surface area contributed by atoms with Gasteiger partial charge < -0.3 is 10.1 Å². The normalized spacial score (nSPS) is 31.9. The summed E-state index contributed by atoms with van der Waals surface area (Å²) in [7, 11) is 0.851. The maximum atomic E-state index is 11.8. The van der Waals surface area contributed by atoms with E-state index in [0.29, 0.717) is 17.9 Å². The number of ether oxygens (including phenoxy) is 1. The summed E-state index contributed by atoms with van der Waals surface area (Å²) < 4.78 is 29.2. The molecule has 0 heterocycles. The second-order valence-electron chi connectivity index (χ2n) is 6.23. The first-order valence-corrected chi connectivity index (χ1v) is 9.31. The van der Waals surface area contributed by atoms with Gasteiger partial charge in [0.05, 0.1) is 11.4 Å². The summed E-state index contributed by atoms with van der Waals surface area (Å²) in [6, 6.07) is 0.294. The van der Waals surface area contributed by atoms with Gasteiger partial charge in [0.1, 0.15) is 9.84 Å². The first-order valence-electron chi connectivity index (χ1n) is 7.36. The second-order valence-corrected chi connectivity index (χ2v) is 8.56. The van der Waals surface area contributed by atoms with E-state index in [0.717, 1.165) is 25.7 Å². The fourth-order valence-electron chi connectivity index (χ4n) is 3.62. The molecule has 5 heteroatoms. The molecular formula is C14H27NO3S. The standard InChI is InChI=1S/C14H27NO3S/c1-15-13(14(18-2)10-7-8-10)11-5-4-6-12(9-11)19(3,16)17/h10-15H,4-9H2,1-3H3. The molecule has 0 aliphatic heterocycles. The Balaban J connectivity index is 2.05. The van der Waals surface area contributed by atoms with Gasteiger partial charge in [-0.05, 0) is 51.0 Å². The van der Waals surface area contributed by atoms with E-state index in [1.54, 1.807) is 7.11 Å². The smallest absolute Gasteiger partial charge is 0.150 e. The number of nitrogens with one attached hydrogen (secondary N) is 1. The van der Waals surface area contributed by atoms with Crippen LogP contribution in [0.4, 0.5) is 0 Å². The Labute approximate surface area is 117 Å². The highest BCUT2D eigenvalue weighted by molar-refractivity contribution is 7.91. The molecule has 1 N–H and O–H groups in total. The van der Waals surface area contributed by atoms with Crippen LogP contribution in [0.2, 0.25) is 0 Å². The van der Waals surface area contributed by atoms with Gasteiger partial charge in [0, 0.05) is 19.4 Å². The van der Waals surface area contributed by atoms with Gasteiger partial charge in [-0.25, -0.2) is 8.42 Å². The third-order valence-electron chi connectivity index (χ3n) is 4.83. The van der Waals surface area contributed by atoms with Gasteiger partial charge in [0.2, 0.25) is 0 Å². The van der Waals surface area contributed by atoms with E-state index in [9.17, 15) is 8.42 Å². The molecule has 0 spiro atoms. The van der Waals surface area contributed by atoms with Crippen LogP contribution in [-0.2, 0) is 14.6 Å². The zero-order valence-electron chi connectivity index (χ0n) is 12.3. The number of rotatable bonds is 6.